The number of ether oxygens (including phenoxy) is 3. The van der Waals surface area contributed by atoms with Gasteiger partial charge in [-0.05, 0) is 59.5 Å². The highest BCUT2D eigenvalue weighted by molar-refractivity contribution is 5.87. The van der Waals surface area contributed by atoms with Crippen molar-refractivity contribution in [3.63, 3.8) is 0 Å². The van der Waals surface area contributed by atoms with Gasteiger partial charge in [-0.1, -0.05) is 31.2 Å². The zero-order valence-electron chi connectivity index (χ0n) is 20.1. The lowest BCUT2D eigenvalue weighted by molar-refractivity contribution is 0.388. The second-order valence-corrected chi connectivity index (χ2v) is 8.43. The van der Waals surface area contributed by atoms with E-state index in [-0.39, 0.29) is 17.0 Å². The maximum Gasteiger partial charge on any atom is 0.344 e. The van der Waals surface area contributed by atoms with E-state index in [4.69, 9.17) is 24.4 Å². The average Bonchev–Trinajstić information content (AvgIpc) is 2.91. The van der Waals surface area contributed by atoms with Crippen LogP contribution in [0.3, 0.4) is 0 Å². The number of rotatable bonds is 5. The number of hydrogen-bond acceptors (Lipinski definition) is 7. The molecule has 0 fully saturated rings. The van der Waals surface area contributed by atoms with Crippen LogP contribution in [0.15, 0.2) is 81.3 Å². The highest BCUT2D eigenvalue weighted by Gasteiger charge is 2.36. The summed E-state index contributed by atoms with van der Waals surface area (Å²) in [7, 11) is 3.19. The summed E-state index contributed by atoms with van der Waals surface area (Å²) in [4.78, 5) is 13.3. The van der Waals surface area contributed by atoms with E-state index in [2.05, 4.69) is 6.07 Å². The monoisotopic (exact) mass is 480 g/mol. The fourth-order valence-corrected chi connectivity index (χ4v) is 4.64. The zero-order valence-corrected chi connectivity index (χ0v) is 20.1. The number of benzene rings is 3. The number of nitrogens with two attached hydrogens (primary N) is 1. The molecule has 5 rings (SSSR count). The Hall–Kier alpha value is -4.70. The molecule has 0 aliphatic carbocycles. The maximum atomic E-state index is 13.3. The van der Waals surface area contributed by atoms with Gasteiger partial charge in [0, 0.05) is 5.56 Å². The van der Waals surface area contributed by atoms with Crippen molar-refractivity contribution in [1.29, 1.82) is 5.26 Å². The molecule has 0 saturated carbocycles. The first kappa shape index (κ1) is 23.1. The predicted octanol–water partition coefficient (Wildman–Crippen LogP) is 5.26. The van der Waals surface area contributed by atoms with Crippen LogP contribution in [0.25, 0.3) is 22.1 Å². The van der Waals surface area contributed by atoms with E-state index in [1.807, 2.05) is 61.5 Å². The topological polar surface area (TPSA) is 108 Å². The first-order valence-corrected chi connectivity index (χ1v) is 11.5. The molecule has 1 aliphatic heterocycles. The summed E-state index contributed by atoms with van der Waals surface area (Å²) >= 11 is 0. The molecule has 1 atom stereocenters. The van der Waals surface area contributed by atoms with Crippen LogP contribution in [0.5, 0.6) is 17.2 Å². The molecular weight excluding hydrogens is 456 g/mol. The van der Waals surface area contributed by atoms with Crippen molar-refractivity contribution in [2.45, 2.75) is 19.3 Å². The van der Waals surface area contributed by atoms with Gasteiger partial charge in [-0.3, -0.25) is 0 Å². The largest absolute Gasteiger partial charge is 0.497 e. The molecule has 180 valence electrons. The normalized spacial score (nSPS) is 14.7. The molecule has 4 aromatic rings. The van der Waals surface area contributed by atoms with Crippen LogP contribution < -0.4 is 25.6 Å². The first-order chi connectivity index (χ1) is 17.5. The lowest BCUT2D eigenvalue weighted by atomic mass is 9.82. The van der Waals surface area contributed by atoms with Crippen LogP contribution in [0, 0.1) is 11.3 Å². The van der Waals surface area contributed by atoms with E-state index in [1.54, 1.807) is 20.3 Å². The number of hydrogen-bond donors (Lipinski definition) is 1. The molecule has 3 aromatic carbocycles. The van der Waals surface area contributed by atoms with Crippen LogP contribution in [-0.2, 0) is 6.42 Å². The Balaban J connectivity index is 1.78. The molecule has 7 nitrogen and oxygen atoms in total. The fraction of sp³-hybridized carbons (Fsp3) is 0.172. The van der Waals surface area contributed by atoms with Crippen LogP contribution in [0.4, 0.5) is 0 Å². The molecule has 0 bridgehead atoms. The van der Waals surface area contributed by atoms with Gasteiger partial charge in [0.2, 0.25) is 5.88 Å². The summed E-state index contributed by atoms with van der Waals surface area (Å²) in [5.41, 5.74) is 9.81. The minimum Gasteiger partial charge on any atom is -0.497 e. The van der Waals surface area contributed by atoms with Crippen LogP contribution in [0.2, 0.25) is 0 Å². The lowest BCUT2D eigenvalue weighted by Gasteiger charge is -2.26. The zero-order chi connectivity index (χ0) is 25.4. The summed E-state index contributed by atoms with van der Waals surface area (Å²) < 4.78 is 22.6. The lowest BCUT2D eigenvalue weighted by Crippen LogP contribution is -2.26. The third kappa shape index (κ3) is 3.73. The number of nitrogens with zero attached hydrogens (tertiary/aromatic N) is 1. The molecule has 7 heteroatoms. The molecular formula is C29H24N2O5. The average molecular weight is 481 g/mol. The third-order valence-electron chi connectivity index (χ3n) is 6.48. The highest BCUT2D eigenvalue weighted by Crippen LogP contribution is 2.45. The van der Waals surface area contributed by atoms with Gasteiger partial charge < -0.3 is 24.4 Å². The van der Waals surface area contributed by atoms with Gasteiger partial charge >= 0.3 is 5.63 Å². The summed E-state index contributed by atoms with van der Waals surface area (Å²) in [6.45, 7) is 2.04. The van der Waals surface area contributed by atoms with Crippen molar-refractivity contribution in [3.05, 3.63) is 99.2 Å². The molecule has 2 N–H and O–H groups in total. The molecule has 1 unspecified atom stereocenters. The van der Waals surface area contributed by atoms with Crippen molar-refractivity contribution >= 4 is 11.0 Å². The Morgan fingerprint density at radius 2 is 1.89 bits per heavy atom. The number of fused-ring (bicyclic) bond motifs is 3. The van der Waals surface area contributed by atoms with Crippen LogP contribution >= 0.6 is 0 Å². The van der Waals surface area contributed by atoms with E-state index in [1.165, 1.54) is 0 Å². The summed E-state index contributed by atoms with van der Waals surface area (Å²) in [5, 5.41) is 10.7. The van der Waals surface area contributed by atoms with Gasteiger partial charge in [-0.15, -0.1) is 0 Å². The summed E-state index contributed by atoms with van der Waals surface area (Å²) in [5.74, 6) is 0.823. The molecule has 0 spiro atoms. The quantitative estimate of drug-likeness (QED) is 0.388. The maximum absolute atomic E-state index is 13.3. The number of methoxy groups -OCH3 is 2. The molecule has 0 saturated heterocycles. The second kappa shape index (κ2) is 9.16. The van der Waals surface area contributed by atoms with Gasteiger partial charge in [-0.25, -0.2) is 4.79 Å². The summed E-state index contributed by atoms with van der Waals surface area (Å²) in [6.07, 6.45) is 0.796. The third-order valence-corrected chi connectivity index (χ3v) is 6.48. The minimum absolute atomic E-state index is 0.0393. The SMILES string of the molecule is CCc1ccc2oc(=O)c3c(c2c1)OC(N)=C(C#N)C3c1ccc(OC)c(-c2cccc(OC)c2)c1. The van der Waals surface area contributed by atoms with Crippen molar-refractivity contribution in [2.24, 2.45) is 5.73 Å². The van der Waals surface area contributed by atoms with Gasteiger partial charge in [0.15, 0.2) is 5.75 Å². The standard InChI is InChI=1S/C29H24N2O5/c1-4-16-8-10-24-21(12-16)27-26(29(32)35-24)25(22(15-30)28(31)36-27)18-9-11-23(34-3)20(14-18)17-6-5-7-19(13-17)33-2/h5-14,25H,4,31H2,1-3H3. The Morgan fingerprint density at radius 3 is 2.61 bits per heavy atom. The predicted molar refractivity (Wildman–Crippen MR) is 136 cm³/mol. The molecule has 36 heavy (non-hydrogen) atoms. The Morgan fingerprint density at radius 1 is 1.06 bits per heavy atom. The van der Waals surface area contributed by atoms with Crippen molar-refractivity contribution in [2.75, 3.05) is 14.2 Å². The fourth-order valence-electron chi connectivity index (χ4n) is 4.64. The van der Waals surface area contributed by atoms with Crippen molar-refractivity contribution < 1.29 is 18.6 Å². The number of nitriles is 1. The van der Waals surface area contributed by atoms with Gasteiger partial charge in [0.1, 0.15) is 28.7 Å². The molecule has 1 aromatic heterocycles. The van der Waals surface area contributed by atoms with Crippen LogP contribution in [0.1, 0.15) is 29.5 Å². The molecule has 0 amide bonds. The van der Waals surface area contributed by atoms with E-state index in [0.717, 1.165) is 23.1 Å². The van der Waals surface area contributed by atoms with E-state index in [9.17, 15) is 10.1 Å². The van der Waals surface area contributed by atoms with E-state index in [0.29, 0.717) is 33.8 Å². The molecule has 2 heterocycles. The van der Waals surface area contributed by atoms with Crippen molar-refractivity contribution in [3.8, 4) is 34.4 Å². The van der Waals surface area contributed by atoms with Crippen molar-refractivity contribution in [1.82, 2.24) is 0 Å². The minimum atomic E-state index is -0.778. The Labute approximate surface area is 207 Å². The molecule has 0 radical (unpaired) electrons. The smallest absolute Gasteiger partial charge is 0.344 e. The van der Waals surface area contributed by atoms with Crippen LogP contribution in [-0.4, -0.2) is 14.2 Å². The van der Waals surface area contributed by atoms with Gasteiger partial charge in [0.05, 0.1) is 31.1 Å². The van der Waals surface area contributed by atoms with Gasteiger partial charge in [0.25, 0.3) is 0 Å². The Bertz CT molecular complexity index is 1630. The van der Waals surface area contributed by atoms with E-state index >= 15 is 0 Å². The molecule has 1 aliphatic rings. The van der Waals surface area contributed by atoms with Gasteiger partial charge in [-0.2, -0.15) is 5.26 Å². The second-order valence-electron chi connectivity index (χ2n) is 8.43. The first-order valence-electron chi connectivity index (χ1n) is 11.5. The highest BCUT2D eigenvalue weighted by atomic mass is 16.5. The van der Waals surface area contributed by atoms with E-state index < -0.39 is 11.5 Å². The number of aryl methyl sites for hydroxylation is 1. The summed E-state index contributed by atoms with van der Waals surface area (Å²) in [6, 6.07) is 20.8. The Kier molecular flexibility index (Phi) is 5.87. The number of allylic oxidation sites excluding steroid dienone is 1.